The predicted octanol–water partition coefficient (Wildman–Crippen LogP) is 5.92. The van der Waals surface area contributed by atoms with Gasteiger partial charge in [0.1, 0.15) is 0 Å². The van der Waals surface area contributed by atoms with E-state index in [-0.39, 0.29) is 5.41 Å². The lowest BCUT2D eigenvalue weighted by molar-refractivity contribution is 0.548. The summed E-state index contributed by atoms with van der Waals surface area (Å²) in [5.74, 6) is 0. The number of alkyl halides is 2. The van der Waals surface area contributed by atoms with Crippen molar-refractivity contribution >= 4 is 43.5 Å². The Balaban J connectivity index is 2.39. The van der Waals surface area contributed by atoms with Gasteiger partial charge in [0.2, 0.25) is 0 Å². The number of hydrogen-bond donors (Lipinski definition) is 0. The number of halogens is 3. The van der Waals surface area contributed by atoms with Crippen molar-refractivity contribution in [1.29, 1.82) is 0 Å². The molecule has 0 fully saturated rings. The molecule has 2 aromatic rings. The normalized spacial score (nSPS) is 11.6. The molecule has 0 aliphatic rings. The first-order chi connectivity index (χ1) is 9.61. The second kappa shape index (κ2) is 7.11. The molecule has 3 heteroatoms. The fraction of sp³-hybridized carbons (Fsp3) is 0.294. The fourth-order valence-corrected chi connectivity index (χ4v) is 4.59. The molecule has 0 amide bonds. The molecule has 0 nitrogen and oxygen atoms in total. The smallest absolute Gasteiger partial charge is 0.0406 e. The Labute approximate surface area is 142 Å². The lowest BCUT2D eigenvalue weighted by atomic mass is 9.77. The summed E-state index contributed by atoms with van der Waals surface area (Å²) in [5, 5.41) is 2.62. The number of aryl methyl sites for hydroxylation is 1. The second-order valence-corrected chi connectivity index (χ2v) is 6.72. The van der Waals surface area contributed by atoms with E-state index >= 15 is 0 Å². The van der Waals surface area contributed by atoms with Crippen molar-refractivity contribution in [3.63, 3.8) is 0 Å². The van der Waals surface area contributed by atoms with E-state index in [1.165, 1.54) is 16.7 Å². The van der Waals surface area contributed by atoms with Crippen LogP contribution in [0.25, 0.3) is 0 Å². The molecule has 0 saturated heterocycles. The van der Waals surface area contributed by atoms with Crippen molar-refractivity contribution in [2.75, 3.05) is 10.7 Å². The first-order valence-corrected chi connectivity index (χ1v) is 9.16. The van der Waals surface area contributed by atoms with Gasteiger partial charge in [-0.15, -0.1) is 0 Å². The fourth-order valence-electron chi connectivity index (χ4n) is 2.53. The number of benzene rings is 2. The molecule has 0 aliphatic carbocycles. The van der Waals surface area contributed by atoms with Crippen molar-refractivity contribution in [2.24, 2.45) is 0 Å². The Kier molecular flexibility index (Phi) is 5.71. The molecular weight excluding hydrogens is 399 g/mol. The molecule has 106 valence electrons. The van der Waals surface area contributed by atoms with Gasteiger partial charge < -0.3 is 0 Å². The van der Waals surface area contributed by atoms with Crippen LogP contribution in [0, 0.1) is 6.92 Å². The molecular formula is C17H17Br2Cl. The number of rotatable bonds is 5. The van der Waals surface area contributed by atoms with Crippen LogP contribution in [0.1, 0.15) is 16.7 Å². The summed E-state index contributed by atoms with van der Waals surface area (Å²) < 4.78 is 0. The van der Waals surface area contributed by atoms with Crippen LogP contribution in [0.3, 0.4) is 0 Å². The van der Waals surface area contributed by atoms with Crippen LogP contribution >= 0.6 is 43.5 Å². The highest BCUT2D eigenvalue weighted by atomic mass is 79.9. The van der Waals surface area contributed by atoms with Crippen LogP contribution in [-0.4, -0.2) is 10.7 Å². The van der Waals surface area contributed by atoms with E-state index in [9.17, 15) is 0 Å². The van der Waals surface area contributed by atoms with Gasteiger partial charge >= 0.3 is 0 Å². The Hall–Kier alpha value is -0.310. The average Bonchev–Trinajstić information content (AvgIpc) is 2.48. The van der Waals surface area contributed by atoms with Gasteiger partial charge in [0, 0.05) is 21.1 Å². The molecule has 0 bridgehead atoms. The van der Waals surface area contributed by atoms with E-state index in [4.69, 9.17) is 11.6 Å². The molecule has 0 N–H and O–H groups in total. The molecule has 0 heterocycles. The zero-order valence-corrected chi connectivity index (χ0v) is 15.3. The van der Waals surface area contributed by atoms with Crippen LogP contribution < -0.4 is 0 Å². The summed E-state index contributed by atoms with van der Waals surface area (Å²) >= 11 is 13.4. The third-order valence-electron chi connectivity index (χ3n) is 3.68. The largest absolute Gasteiger partial charge is 0.0918 e. The lowest BCUT2D eigenvalue weighted by Crippen LogP contribution is -2.33. The minimum atomic E-state index is 0.0547. The Bertz CT molecular complexity index is 559. The Morgan fingerprint density at radius 2 is 1.55 bits per heavy atom. The van der Waals surface area contributed by atoms with Gasteiger partial charge in [-0.05, 0) is 42.2 Å². The molecule has 0 radical (unpaired) electrons. The van der Waals surface area contributed by atoms with Crippen molar-refractivity contribution in [1.82, 2.24) is 0 Å². The standard InChI is InChI=1S/C17H17Br2Cl/c1-13-4-2-3-5-16(13)17(11-18,12-19)10-14-6-8-15(20)9-7-14/h2-9H,10-12H2,1H3. The highest BCUT2D eigenvalue weighted by molar-refractivity contribution is 9.09. The molecule has 20 heavy (non-hydrogen) atoms. The Morgan fingerprint density at radius 1 is 0.950 bits per heavy atom. The monoisotopic (exact) mass is 414 g/mol. The maximum atomic E-state index is 5.97. The molecule has 0 saturated carbocycles. The molecule has 0 unspecified atom stereocenters. The van der Waals surface area contributed by atoms with Crippen LogP contribution in [0.15, 0.2) is 48.5 Å². The quantitative estimate of drug-likeness (QED) is 0.531. The summed E-state index contributed by atoms with van der Waals surface area (Å²) in [4.78, 5) is 0. The molecule has 2 aromatic carbocycles. The maximum absolute atomic E-state index is 5.97. The van der Waals surface area contributed by atoms with Gasteiger partial charge in [0.25, 0.3) is 0 Å². The van der Waals surface area contributed by atoms with E-state index < -0.39 is 0 Å². The predicted molar refractivity (Wildman–Crippen MR) is 95.6 cm³/mol. The Morgan fingerprint density at radius 3 is 2.10 bits per heavy atom. The molecule has 0 aliphatic heterocycles. The molecule has 0 spiro atoms. The highest BCUT2D eigenvalue weighted by Crippen LogP contribution is 2.35. The van der Waals surface area contributed by atoms with Crippen molar-refractivity contribution in [3.05, 3.63) is 70.2 Å². The van der Waals surface area contributed by atoms with E-state index in [2.05, 4.69) is 75.2 Å². The summed E-state index contributed by atoms with van der Waals surface area (Å²) in [6, 6.07) is 16.8. The summed E-state index contributed by atoms with van der Waals surface area (Å²) in [7, 11) is 0. The molecule has 0 aromatic heterocycles. The summed E-state index contributed by atoms with van der Waals surface area (Å²) in [6.07, 6.45) is 0.978. The van der Waals surface area contributed by atoms with Crippen LogP contribution in [-0.2, 0) is 11.8 Å². The summed E-state index contributed by atoms with van der Waals surface area (Å²) in [5.41, 5.74) is 4.08. The number of hydrogen-bond acceptors (Lipinski definition) is 0. The molecule has 2 rings (SSSR count). The minimum Gasteiger partial charge on any atom is -0.0918 e. The van der Waals surface area contributed by atoms with E-state index in [0.29, 0.717) is 0 Å². The zero-order valence-electron chi connectivity index (χ0n) is 11.4. The van der Waals surface area contributed by atoms with Gasteiger partial charge in [-0.3, -0.25) is 0 Å². The van der Waals surface area contributed by atoms with Gasteiger partial charge in [0.05, 0.1) is 0 Å². The van der Waals surface area contributed by atoms with Crippen LogP contribution in [0.2, 0.25) is 5.02 Å². The SMILES string of the molecule is Cc1ccccc1C(CBr)(CBr)Cc1ccc(Cl)cc1. The summed E-state index contributed by atoms with van der Waals surface area (Å²) in [6.45, 7) is 2.18. The zero-order chi connectivity index (χ0) is 14.6. The minimum absolute atomic E-state index is 0.0547. The lowest BCUT2D eigenvalue weighted by Gasteiger charge is -2.32. The third kappa shape index (κ3) is 3.47. The topological polar surface area (TPSA) is 0 Å². The van der Waals surface area contributed by atoms with Gasteiger partial charge in [0.15, 0.2) is 0 Å². The van der Waals surface area contributed by atoms with Crippen molar-refractivity contribution in [3.8, 4) is 0 Å². The third-order valence-corrected chi connectivity index (χ3v) is 6.08. The van der Waals surface area contributed by atoms with Gasteiger partial charge in [-0.2, -0.15) is 0 Å². The highest BCUT2D eigenvalue weighted by Gasteiger charge is 2.31. The first-order valence-electron chi connectivity index (χ1n) is 6.54. The van der Waals surface area contributed by atoms with Crippen LogP contribution in [0.4, 0.5) is 0 Å². The van der Waals surface area contributed by atoms with Crippen molar-refractivity contribution < 1.29 is 0 Å². The van der Waals surface area contributed by atoms with E-state index in [1.54, 1.807) is 0 Å². The van der Waals surface area contributed by atoms with Gasteiger partial charge in [-0.1, -0.05) is 79.9 Å². The molecule has 0 atom stereocenters. The van der Waals surface area contributed by atoms with Crippen molar-refractivity contribution in [2.45, 2.75) is 18.8 Å². The average molecular weight is 417 g/mol. The van der Waals surface area contributed by atoms with Crippen LogP contribution in [0.5, 0.6) is 0 Å². The second-order valence-electron chi connectivity index (χ2n) is 5.17. The van der Waals surface area contributed by atoms with E-state index in [1.807, 2.05) is 12.1 Å². The van der Waals surface area contributed by atoms with E-state index in [0.717, 1.165) is 22.1 Å². The first kappa shape index (κ1) is 16.1. The van der Waals surface area contributed by atoms with Gasteiger partial charge in [-0.25, -0.2) is 0 Å². The maximum Gasteiger partial charge on any atom is 0.0406 e.